The Bertz CT molecular complexity index is 433. The number of nitrogens with zero attached hydrogens (tertiary/aromatic N) is 2. The van der Waals surface area contributed by atoms with Crippen LogP contribution in [0.2, 0.25) is 0 Å². The summed E-state index contributed by atoms with van der Waals surface area (Å²) in [6.07, 6.45) is 1.84. The molecule has 108 valence electrons. The number of rotatable bonds is 5. The Morgan fingerprint density at radius 1 is 1.26 bits per heavy atom. The minimum atomic E-state index is 0.0640. The van der Waals surface area contributed by atoms with Crippen LogP contribution in [-0.4, -0.2) is 28.0 Å². The van der Waals surface area contributed by atoms with E-state index in [0.29, 0.717) is 17.3 Å². The first-order valence-corrected chi connectivity index (χ1v) is 7.02. The summed E-state index contributed by atoms with van der Waals surface area (Å²) in [6, 6.07) is 2.19. The Morgan fingerprint density at radius 2 is 1.84 bits per heavy atom. The average molecular weight is 265 g/mol. The van der Waals surface area contributed by atoms with Crippen LogP contribution in [0.4, 0.5) is 5.69 Å². The van der Waals surface area contributed by atoms with E-state index in [0.717, 1.165) is 6.54 Å². The second-order valence-corrected chi connectivity index (χ2v) is 6.10. The van der Waals surface area contributed by atoms with E-state index in [1.165, 1.54) is 0 Å². The fourth-order valence-corrected chi connectivity index (χ4v) is 2.17. The molecule has 19 heavy (non-hydrogen) atoms. The van der Waals surface area contributed by atoms with Crippen LogP contribution in [0.5, 0.6) is 0 Å². The third-order valence-electron chi connectivity index (χ3n) is 3.09. The van der Waals surface area contributed by atoms with E-state index >= 15 is 0 Å². The molecule has 1 heterocycles. The molecule has 0 aliphatic carbocycles. The van der Waals surface area contributed by atoms with Gasteiger partial charge in [-0.25, -0.2) is 0 Å². The highest BCUT2D eigenvalue weighted by Gasteiger charge is 2.23. The zero-order valence-electron chi connectivity index (χ0n) is 13.0. The van der Waals surface area contributed by atoms with Crippen molar-refractivity contribution in [2.24, 2.45) is 5.92 Å². The lowest BCUT2D eigenvalue weighted by Crippen LogP contribution is -2.40. The van der Waals surface area contributed by atoms with Gasteiger partial charge in [-0.05, 0) is 39.7 Å². The van der Waals surface area contributed by atoms with Crippen LogP contribution >= 0.6 is 0 Å². The van der Waals surface area contributed by atoms with E-state index in [1.54, 1.807) is 6.07 Å². The molecule has 0 saturated carbocycles. The van der Waals surface area contributed by atoms with Gasteiger partial charge in [-0.15, -0.1) is 0 Å². The lowest BCUT2D eigenvalue weighted by molar-refractivity contribution is 0.0669. The van der Waals surface area contributed by atoms with Crippen molar-refractivity contribution < 1.29 is 4.79 Å². The Kier molecular flexibility index (Phi) is 5.04. The number of hydrogen-bond donors (Lipinski definition) is 1. The molecule has 0 aliphatic rings. The summed E-state index contributed by atoms with van der Waals surface area (Å²) >= 11 is 0. The van der Waals surface area contributed by atoms with E-state index < -0.39 is 0 Å². The summed E-state index contributed by atoms with van der Waals surface area (Å²) in [6.45, 7) is 13.2. The van der Waals surface area contributed by atoms with Crippen LogP contribution < -0.4 is 5.73 Å². The number of nitrogen functional groups attached to an aromatic ring is 1. The molecule has 0 aromatic carbocycles. The van der Waals surface area contributed by atoms with Gasteiger partial charge in [0.15, 0.2) is 0 Å². The molecular weight excluding hydrogens is 238 g/mol. The predicted octanol–water partition coefficient (Wildman–Crippen LogP) is 3.16. The fourth-order valence-electron chi connectivity index (χ4n) is 2.17. The van der Waals surface area contributed by atoms with Gasteiger partial charge in [0.2, 0.25) is 0 Å². The van der Waals surface area contributed by atoms with Crippen LogP contribution in [-0.2, 0) is 0 Å². The second kappa shape index (κ2) is 6.13. The van der Waals surface area contributed by atoms with Crippen molar-refractivity contribution in [1.29, 1.82) is 0 Å². The summed E-state index contributed by atoms with van der Waals surface area (Å²) in [5, 5.41) is 0. The maximum absolute atomic E-state index is 12.7. The lowest BCUT2D eigenvalue weighted by atomic mass is 10.1. The van der Waals surface area contributed by atoms with Crippen molar-refractivity contribution in [3.05, 3.63) is 18.0 Å². The summed E-state index contributed by atoms with van der Waals surface area (Å²) in [5.74, 6) is 0.514. The molecule has 4 heteroatoms. The average Bonchev–Trinajstić information content (AvgIpc) is 2.67. The third kappa shape index (κ3) is 3.75. The van der Waals surface area contributed by atoms with E-state index in [2.05, 4.69) is 27.7 Å². The zero-order valence-corrected chi connectivity index (χ0v) is 13.0. The molecule has 1 aromatic rings. The first-order chi connectivity index (χ1) is 8.73. The summed E-state index contributed by atoms with van der Waals surface area (Å²) in [7, 11) is 0. The SMILES string of the molecule is CC(C)CN(C(=O)c1cc(N)cn1C(C)C)C(C)C. The minimum absolute atomic E-state index is 0.0640. The number of hydrogen-bond acceptors (Lipinski definition) is 2. The molecule has 1 amide bonds. The van der Waals surface area contributed by atoms with Gasteiger partial charge in [0, 0.05) is 24.8 Å². The number of carbonyl (C=O) groups is 1. The van der Waals surface area contributed by atoms with Gasteiger partial charge in [0.25, 0.3) is 5.91 Å². The molecular formula is C15H27N3O. The molecule has 0 spiro atoms. The molecule has 4 nitrogen and oxygen atoms in total. The highest BCUT2D eigenvalue weighted by Crippen LogP contribution is 2.19. The van der Waals surface area contributed by atoms with Crippen LogP contribution in [0, 0.1) is 5.92 Å². The topological polar surface area (TPSA) is 51.3 Å². The number of carbonyl (C=O) groups excluding carboxylic acids is 1. The molecule has 0 aliphatic heterocycles. The van der Waals surface area contributed by atoms with E-state index in [1.807, 2.05) is 29.5 Å². The Labute approximate surface area is 116 Å². The highest BCUT2D eigenvalue weighted by molar-refractivity contribution is 5.94. The molecule has 0 saturated heterocycles. The van der Waals surface area contributed by atoms with Crippen LogP contribution in [0.25, 0.3) is 0 Å². The normalized spacial score (nSPS) is 11.6. The standard InChI is InChI=1S/C15H27N3O/c1-10(2)8-18(12(5)6)15(19)14-7-13(16)9-17(14)11(3)4/h7,9-12H,8,16H2,1-6H3. The molecule has 0 atom stereocenters. The molecule has 0 radical (unpaired) electrons. The Balaban J connectivity index is 3.09. The quantitative estimate of drug-likeness (QED) is 0.889. The summed E-state index contributed by atoms with van der Waals surface area (Å²) < 4.78 is 1.95. The summed E-state index contributed by atoms with van der Waals surface area (Å²) in [5.41, 5.74) is 7.17. The van der Waals surface area contributed by atoms with E-state index in [9.17, 15) is 4.79 Å². The molecule has 2 N–H and O–H groups in total. The lowest BCUT2D eigenvalue weighted by Gasteiger charge is -2.29. The molecule has 1 aromatic heterocycles. The van der Waals surface area contributed by atoms with Gasteiger partial charge >= 0.3 is 0 Å². The van der Waals surface area contributed by atoms with Crippen LogP contribution in [0.1, 0.15) is 58.1 Å². The van der Waals surface area contributed by atoms with Crippen molar-refractivity contribution in [2.75, 3.05) is 12.3 Å². The molecule has 0 unspecified atom stereocenters. The molecule has 1 rings (SSSR count). The summed E-state index contributed by atoms with van der Waals surface area (Å²) in [4.78, 5) is 14.6. The molecule has 0 bridgehead atoms. The van der Waals surface area contributed by atoms with Crippen molar-refractivity contribution in [3.63, 3.8) is 0 Å². The Hall–Kier alpha value is -1.45. The van der Waals surface area contributed by atoms with Gasteiger partial charge < -0.3 is 15.2 Å². The first-order valence-electron chi connectivity index (χ1n) is 7.02. The minimum Gasteiger partial charge on any atom is -0.397 e. The smallest absolute Gasteiger partial charge is 0.270 e. The van der Waals surface area contributed by atoms with Gasteiger partial charge in [-0.2, -0.15) is 0 Å². The fraction of sp³-hybridized carbons (Fsp3) is 0.667. The third-order valence-corrected chi connectivity index (χ3v) is 3.09. The van der Waals surface area contributed by atoms with Gasteiger partial charge in [-0.3, -0.25) is 4.79 Å². The monoisotopic (exact) mass is 265 g/mol. The second-order valence-electron chi connectivity index (χ2n) is 6.10. The number of aromatic nitrogens is 1. The van der Waals surface area contributed by atoms with Crippen molar-refractivity contribution in [2.45, 2.75) is 53.6 Å². The number of amides is 1. The van der Waals surface area contributed by atoms with Crippen LogP contribution in [0.3, 0.4) is 0 Å². The molecule has 0 fully saturated rings. The van der Waals surface area contributed by atoms with Gasteiger partial charge in [0.05, 0.1) is 5.69 Å². The van der Waals surface area contributed by atoms with Crippen molar-refractivity contribution in [1.82, 2.24) is 9.47 Å². The van der Waals surface area contributed by atoms with Crippen LogP contribution in [0.15, 0.2) is 12.3 Å². The van der Waals surface area contributed by atoms with E-state index in [-0.39, 0.29) is 18.0 Å². The van der Waals surface area contributed by atoms with Crippen molar-refractivity contribution >= 4 is 11.6 Å². The number of anilines is 1. The first kappa shape index (κ1) is 15.6. The highest BCUT2D eigenvalue weighted by atomic mass is 16.2. The maximum atomic E-state index is 12.7. The maximum Gasteiger partial charge on any atom is 0.270 e. The number of nitrogens with two attached hydrogens (primary N) is 1. The predicted molar refractivity (Wildman–Crippen MR) is 80.2 cm³/mol. The van der Waals surface area contributed by atoms with Crippen molar-refractivity contribution in [3.8, 4) is 0 Å². The largest absolute Gasteiger partial charge is 0.397 e. The van der Waals surface area contributed by atoms with Gasteiger partial charge in [0.1, 0.15) is 5.69 Å². The van der Waals surface area contributed by atoms with Gasteiger partial charge in [-0.1, -0.05) is 13.8 Å². The Morgan fingerprint density at radius 3 is 2.26 bits per heavy atom. The van der Waals surface area contributed by atoms with E-state index in [4.69, 9.17) is 5.73 Å². The zero-order chi connectivity index (χ0) is 14.7.